The number of aromatic nitrogens is 1. The normalized spacial score (nSPS) is 10.0. The maximum absolute atomic E-state index is 11.2. The van der Waals surface area contributed by atoms with Gasteiger partial charge in [0.2, 0.25) is 11.6 Å². The monoisotopic (exact) mass is 303 g/mol. The second kappa shape index (κ2) is 7.02. The Bertz CT molecular complexity index is 675. The van der Waals surface area contributed by atoms with E-state index in [1.54, 1.807) is 0 Å². The number of carboxylic acids is 1. The number of anilines is 1. The molecular weight excluding hydrogens is 290 g/mol. The highest BCUT2D eigenvalue weighted by atomic mass is 16.6. The van der Waals surface area contributed by atoms with E-state index >= 15 is 0 Å². The van der Waals surface area contributed by atoms with Gasteiger partial charge in [0, 0.05) is 12.3 Å². The molecule has 0 aliphatic carbocycles. The van der Waals surface area contributed by atoms with Gasteiger partial charge >= 0.3 is 11.7 Å². The molecule has 8 nitrogen and oxygen atoms in total. The van der Waals surface area contributed by atoms with Crippen molar-refractivity contribution in [2.24, 2.45) is 0 Å². The summed E-state index contributed by atoms with van der Waals surface area (Å²) in [4.78, 5) is 24.9. The highest BCUT2D eigenvalue weighted by Gasteiger charge is 2.23. The molecule has 0 fully saturated rings. The minimum absolute atomic E-state index is 0.0248. The Kier molecular flexibility index (Phi) is 4.86. The lowest BCUT2D eigenvalue weighted by Crippen LogP contribution is -2.14. The van der Waals surface area contributed by atoms with Gasteiger partial charge in [-0.05, 0) is 5.56 Å². The molecule has 2 N–H and O–H groups in total. The fourth-order valence-corrected chi connectivity index (χ4v) is 1.75. The molecule has 0 saturated heterocycles. The Labute approximate surface area is 125 Å². The van der Waals surface area contributed by atoms with Crippen molar-refractivity contribution in [2.75, 3.05) is 11.9 Å². The van der Waals surface area contributed by atoms with E-state index in [9.17, 15) is 14.9 Å². The third-order valence-electron chi connectivity index (χ3n) is 2.71. The molecule has 1 aromatic heterocycles. The maximum atomic E-state index is 11.2. The summed E-state index contributed by atoms with van der Waals surface area (Å²) in [7, 11) is 0. The van der Waals surface area contributed by atoms with Crippen molar-refractivity contribution < 1.29 is 19.6 Å². The summed E-state index contributed by atoms with van der Waals surface area (Å²) in [5.41, 5.74) is 0.466. The van der Waals surface area contributed by atoms with Crippen LogP contribution in [0.5, 0.6) is 5.75 Å². The molecule has 2 rings (SSSR count). The third kappa shape index (κ3) is 3.92. The second-order valence-electron chi connectivity index (χ2n) is 4.28. The smallest absolute Gasteiger partial charge is 0.352 e. The number of rotatable bonds is 7. The first-order valence-corrected chi connectivity index (χ1v) is 6.33. The van der Waals surface area contributed by atoms with Crippen molar-refractivity contribution >= 4 is 17.5 Å². The summed E-state index contributed by atoms with van der Waals surface area (Å²) in [6.07, 6.45) is 1.32. The first-order chi connectivity index (χ1) is 10.6. The van der Waals surface area contributed by atoms with Crippen molar-refractivity contribution in [3.63, 3.8) is 0 Å². The van der Waals surface area contributed by atoms with Crippen LogP contribution in [0.15, 0.2) is 42.6 Å². The molecule has 0 unspecified atom stereocenters. The van der Waals surface area contributed by atoms with Crippen LogP contribution in [-0.2, 0) is 11.4 Å². The van der Waals surface area contributed by atoms with Crippen molar-refractivity contribution in [1.29, 1.82) is 0 Å². The van der Waals surface area contributed by atoms with Crippen molar-refractivity contribution in [3.05, 3.63) is 58.3 Å². The standard InChI is InChI=1S/C14H13N3O5/c18-12(19)8-16-14-13(17(20)21)11(6-7-15-14)22-9-10-4-2-1-3-5-10/h1-7H,8-9H2,(H,15,16)(H,18,19). The van der Waals surface area contributed by atoms with Gasteiger partial charge in [-0.15, -0.1) is 0 Å². The number of carboxylic acid groups (broad SMARTS) is 1. The fraction of sp³-hybridized carbons (Fsp3) is 0.143. The highest BCUT2D eigenvalue weighted by Crippen LogP contribution is 2.33. The minimum atomic E-state index is -1.15. The van der Waals surface area contributed by atoms with Crippen LogP contribution in [0.3, 0.4) is 0 Å². The quantitative estimate of drug-likeness (QED) is 0.594. The second-order valence-corrected chi connectivity index (χ2v) is 4.28. The lowest BCUT2D eigenvalue weighted by atomic mass is 10.2. The number of hydrogen-bond acceptors (Lipinski definition) is 6. The average molecular weight is 303 g/mol. The number of ether oxygens (including phenoxy) is 1. The first kappa shape index (κ1) is 15.2. The lowest BCUT2D eigenvalue weighted by molar-refractivity contribution is -0.385. The predicted octanol–water partition coefficient (Wildman–Crippen LogP) is 2.07. The Morgan fingerprint density at radius 3 is 2.68 bits per heavy atom. The SMILES string of the molecule is O=C(O)CNc1nccc(OCc2ccccc2)c1[N+](=O)[O-]. The van der Waals surface area contributed by atoms with E-state index in [0.29, 0.717) is 0 Å². The Morgan fingerprint density at radius 1 is 1.32 bits per heavy atom. The van der Waals surface area contributed by atoms with Gasteiger partial charge in [0.15, 0.2) is 0 Å². The number of nitrogens with zero attached hydrogens (tertiary/aromatic N) is 2. The van der Waals surface area contributed by atoms with E-state index in [2.05, 4.69) is 10.3 Å². The van der Waals surface area contributed by atoms with E-state index in [-0.39, 0.29) is 23.9 Å². The summed E-state index contributed by atoms with van der Waals surface area (Å²) in [5.74, 6) is -1.26. The predicted molar refractivity (Wildman–Crippen MR) is 77.8 cm³/mol. The van der Waals surface area contributed by atoms with Crippen molar-refractivity contribution in [2.45, 2.75) is 6.61 Å². The number of nitro groups is 1. The molecule has 114 valence electrons. The molecule has 0 radical (unpaired) electrons. The van der Waals surface area contributed by atoms with Gasteiger partial charge in [0.05, 0.1) is 4.92 Å². The molecule has 1 heterocycles. The van der Waals surface area contributed by atoms with Crippen molar-refractivity contribution in [1.82, 2.24) is 4.98 Å². The molecule has 0 atom stereocenters. The number of carbonyl (C=O) groups is 1. The minimum Gasteiger partial charge on any atom is -0.482 e. The summed E-state index contributed by atoms with van der Waals surface area (Å²) in [6.45, 7) is -0.319. The first-order valence-electron chi connectivity index (χ1n) is 6.33. The molecule has 1 aromatic carbocycles. The van der Waals surface area contributed by atoms with Gasteiger partial charge in [0.1, 0.15) is 13.2 Å². The molecule has 0 spiro atoms. The average Bonchev–Trinajstić information content (AvgIpc) is 2.51. The van der Waals surface area contributed by atoms with Gasteiger partial charge < -0.3 is 15.2 Å². The number of nitrogens with one attached hydrogen (secondary N) is 1. The van der Waals surface area contributed by atoms with Crippen LogP contribution in [0.4, 0.5) is 11.5 Å². The summed E-state index contributed by atoms with van der Waals surface area (Å²) >= 11 is 0. The topological polar surface area (TPSA) is 115 Å². The van der Waals surface area contributed by atoms with Gasteiger partial charge in [-0.3, -0.25) is 14.9 Å². The van der Waals surface area contributed by atoms with Gasteiger partial charge in [-0.2, -0.15) is 0 Å². The van der Waals surface area contributed by atoms with Crippen LogP contribution in [-0.4, -0.2) is 27.5 Å². The van der Waals surface area contributed by atoms with E-state index < -0.39 is 17.4 Å². The molecular formula is C14H13N3O5. The zero-order valence-corrected chi connectivity index (χ0v) is 11.4. The number of pyridine rings is 1. The molecule has 0 aliphatic rings. The van der Waals surface area contributed by atoms with Gasteiger partial charge in [0.25, 0.3) is 0 Å². The number of benzene rings is 1. The van der Waals surface area contributed by atoms with Crippen LogP contribution in [0.1, 0.15) is 5.56 Å². The van der Waals surface area contributed by atoms with Crippen LogP contribution >= 0.6 is 0 Å². The number of hydrogen-bond donors (Lipinski definition) is 2. The third-order valence-corrected chi connectivity index (χ3v) is 2.71. The molecule has 0 saturated carbocycles. The molecule has 22 heavy (non-hydrogen) atoms. The molecule has 0 amide bonds. The van der Waals surface area contributed by atoms with Crippen LogP contribution < -0.4 is 10.1 Å². The summed E-state index contributed by atoms with van der Waals surface area (Å²) < 4.78 is 5.46. The summed E-state index contributed by atoms with van der Waals surface area (Å²) in [6, 6.07) is 10.5. The molecule has 0 aliphatic heterocycles. The maximum Gasteiger partial charge on any atom is 0.352 e. The zero-order valence-electron chi connectivity index (χ0n) is 11.4. The molecule has 2 aromatic rings. The van der Waals surface area contributed by atoms with E-state index in [0.717, 1.165) is 5.56 Å². The van der Waals surface area contributed by atoms with E-state index in [1.807, 2.05) is 30.3 Å². The Morgan fingerprint density at radius 2 is 2.05 bits per heavy atom. The van der Waals surface area contributed by atoms with Crippen LogP contribution in [0.2, 0.25) is 0 Å². The fourth-order valence-electron chi connectivity index (χ4n) is 1.75. The lowest BCUT2D eigenvalue weighted by Gasteiger charge is -2.09. The zero-order chi connectivity index (χ0) is 15.9. The van der Waals surface area contributed by atoms with E-state index in [1.165, 1.54) is 12.3 Å². The number of aliphatic carboxylic acids is 1. The van der Waals surface area contributed by atoms with Crippen molar-refractivity contribution in [3.8, 4) is 5.75 Å². The van der Waals surface area contributed by atoms with Crippen LogP contribution in [0, 0.1) is 10.1 Å². The van der Waals surface area contributed by atoms with Crippen LogP contribution in [0.25, 0.3) is 0 Å². The summed E-state index contributed by atoms with van der Waals surface area (Å²) in [5, 5.41) is 22.2. The van der Waals surface area contributed by atoms with Gasteiger partial charge in [-0.1, -0.05) is 30.3 Å². The van der Waals surface area contributed by atoms with Gasteiger partial charge in [-0.25, -0.2) is 4.98 Å². The molecule has 8 heteroatoms. The highest BCUT2D eigenvalue weighted by molar-refractivity contribution is 5.74. The Hall–Kier alpha value is -3.16. The Balaban J connectivity index is 2.21. The van der Waals surface area contributed by atoms with E-state index in [4.69, 9.17) is 9.84 Å². The molecule has 0 bridgehead atoms. The largest absolute Gasteiger partial charge is 0.482 e.